The molecule has 0 aliphatic carbocycles. The predicted octanol–water partition coefficient (Wildman–Crippen LogP) is 3.58. The first-order valence-electron chi connectivity index (χ1n) is 7.06. The summed E-state index contributed by atoms with van der Waals surface area (Å²) in [4.78, 5) is 10.7. The van der Waals surface area contributed by atoms with Crippen molar-refractivity contribution in [3.63, 3.8) is 0 Å². The summed E-state index contributed by atoms with van der Waals surface area (Å²) in [5, 5.41) is 0.516. The van der Waals surface area contributed by atoms with Crippen molar-refractivity contribution in [2.24, 2.45) is 0 Å². The van der Waals surface area contributed by atoms with E-state index in [-0.39, 0.29) is 0 Å². The molecule has 0 unspecified atom stereocenters. The van der Waals surface area contributed by atoms with E-state index in [1.165, 1.54) is 6.33 Å². The molecule has 0 spiro atoms. The van der Waals surface area contributed by atoms with Gasteiger partial charge < -0.3 is 9.64 Å². The first-order chi connectivity index (χ1) is 10.2. The molecule has 2 rings (SSSR count). The summed E-state index contributed by atoms with van der Waals surface area (Å²) in [5.74, 6) is 1.76. The van der Waals surface area contributed by atoms with Gasteiger partial charge in [-0.3, -0.25) is 0 Å². The second-order valence-corrected chi connectivity index (χ2v) is 5.02. The molecular formula is C16H20ClN3O. The molecule has 112 valence electrons. The third-order valence-electron chi connectivity index (χ3n) is 3.47. The van der Waals surface area contributed by atoms with Crippen molar-refractivity contribution in [2.45, 2.75) is 20.3 Å². The maximum atomic E-state index is 6.29. The molecule has 0 aliphatic heterocycles. The summed E-state index contributed by atoms with van der Waals surface area (Å²) in [6.45, 7) is 5.99. The number of halogens is 1. The fraction of sp³-hybridized carbons (Fsp3) is 0.375. The number of benzene rings is 1. The number of hydrogen-bond donors (Lipinski definition) is 0. The van der Waals surface area contributed by atoms with Gasteiger partial charge in [0.05, 0.1) is 7.11 Å². The van der Waals surface area contributed by atoms with Gasteiger partial charge in [0.1, 0.15) is 23.0 Å². The van der Waals surface area contributed by atoms with Gasteiger partial charge in [-0.1, -0.05) is 23.7 Å². The van der Waals surface area contributed by atoms with Crippen LogP contribution in [0.5, 0.6) is 5.75 Å². The SMILES string of the molecule is CCN(CC)c1ncnc(Cl)c1Cc1ccc(OC)cc1. The average molecular weight is 306 g/mol. The van der Waals surface area contributed by atoms with Crippen LogP contribution in [0.2, 0.25) is 5.15 Å². The van der Waals surface area contributed by atoms with Crippen molar-refractivity contribution in [2.75, 3.05) is 25.1 Å². The lowest BCUT2D eigenvalue weighted by molar-refractivity contribution is 0.414. The Hall–Kier alpha value is -1.81. The van der Waals surface area contributed by atoms with E-state index in [0.717, 1.165) is 35.8 Å². The second kappa shape index (κ2) is 7.27. The van der Waals surface area contributed by atoms with Crippen molar-refractivity contribution in [1.29, 1.82) is 0 Å². The molecular weight excluding hydrogens is 286 g/mol. The Morgan fingerprint density at radius 1 is 1.10 bits per heavy atom. The number of ether oxygens (including phenoxy) is 1. The van der Waals surface area contributed by atoms with Crippen LogP contribution in [-0.2, 0) is 6.42 Å². The van der Waals surface area contributed by atoms with E-state index in [9.17, 15) is 0 Å². The molecule has 1 aromatic heterocycles. The lowest BCUT2D eigenvalue weighted by Gasteiger charge is -2.23. The Morgan fingerprint density at radius 2 is 1.76 bits per heavy atom. The molecule has 0 amide bonds. The number of nitrogens with zero attached hydrogens (tertiary/aromatic N) is 3. The zero-order valence-electron chi connectivity index (χ0n) is 12.6. The largest absolute Gasteiger partial charge is 0.497 e. The number of aromatic nitrogens is 2. The Kier molecular flexibility index (Phi) is 5.39. The minimum absolute atomic E-state index is 0.516. The molecule has 21 heavy (non-hydrogen) atoms. The monoisotopic (exact) mass is 305 g/mol. The summed E-state index contributed by atoms with van der Waals surface area (Å²) >= 11 is 6.29. The van der Waals surface area contributed by atoms with Crippen molar-refractivity contribution in [1.82, 2.24) is 9.97 Å². The molecule has 0 aliphatic rings. The van der Waals surface area contributed by atoms with E-state index in [0.29, 0.717) is 11.6 Å². The van der Waals surface area contributed by atoms with Crippen LogP contribution in [0.4, 0.5) is 5.82 Å². The van der Waals surface area contributed by atoms with E-state index in [1.807, 2.05) is 24.3 Å². The smallest absolute Gasteiger partial charge is 0.138 e. The fourth-order valence-electron chi connectivity index (χ4n) is 2.28. The highest BCUT2D eigenvalue weighted by Gasteiger charge is 2.15. The molecule has 0 saturated heterocycles. The summed E-state index contributed by atoms with van der Waals surface area (Å²) < 4.78 is 5.18. The Morgan fingerprint density at radius 3 is 2.33 bits per heavy atom. The van der Waals surface area contributed by atoms with Gasteiger partial charge in [0, 0.05) is 25.1 Å². The second-order valence-electron chi connectivity index (χ2n) is 4.66. The van der Waals surface area contributed by atoms with Gasteiger partial charge >= 0.3 is 0 Å². The van der Waals surface area contributed by atoms with Crippen LogP contribution >= 0.6 is 11.6 Å². The number of methoxy groups -OCH3 is 1. The van der Waals surface area contributed by atoms with Crippen LogP contribution < -0.4 is 9.64 Å². The molecule has 4 nitrogen and oxygen atoms in total. The van der Waals surface area contributed by atoms with Crippen molar-refractivity contribution in [3.8, 4) is 5.75 Å². The van der Waals surface area contributed by atoms with Gasteiger partial charge in [0.15, 0.2) is 0 Å². The Bertz CT molecular complexity index is 583. The van der Waals surface area contributed by atoms with E-state index >= 15 is 0 Å². The van der Waals surface area contributed by atoms with Gasteiger partial charge in [-0.25, -0.2) is 9.97 Å². The van der Waals surface area contributed by atoms with Crippen LogP contribution in [0.15, 0.2) is 30.6 Å². The third kappa shape index (κ3) is 3.64. The molecule has 0 bridgehead atoms. The first kappa shape index (κ1) is 15.6. The van der Waals surface area contributed by atoms with Gasteiger partial charge in [0.25, 0.3) is 0 Å². The molecule has 0 fully saturated rings. The summed E-state index contributed by atoms with van der Waals surface area (Å²) in [6.07, 6.45) is 2.23. The van der Waals surface area contributed by atoms with Crippen LogP contribution in [0.3, 0.4) is 0 Å². The minimum atomic E-state index is 0.516. The predicted molar refractivity (Wildman–Crippen MR) is 86.4 cm³/mol. The zero-order valence-corrected chi connectivity index (χ0v) is 13.4. The highest BCUT2D eigenvalue weighted by Crippen LogP contribution is 2.26. The average Bonchev–Trinajstić information content (AvgIpc) is 2.52. The van der Waals surface area contributed by atoms with Gasteiger partial charge in [0.2, 0.25) is 0 Å². The van der Waals surface area contributed by atoms with E-state index in [1.54, 1.807) is 7.11 Å². The molecule has 0 N–H and O–H groups in total. The third-order valence-corrected chi connectivity index (χ3v) is 3.80. The molecule has 1 heterocycles. The fourth-order valence-corrected chi connectivity index (χ4v) is 2.47. The van der Waals surface area contributed by atoms with Gasteiger partial charge in [-0.15, -0.1) is 0 Å². The molecule has 5 heteroatoms. The lowest BCUT2D eigenvalue weighted by atomic mass is 10.1. The molecule has 0 radical (unpaired) electrons. The van der Waals surface area contributed by atoms with Crippen LogP contribution in [-0.4, -0.2) is 30.2 Å². The maximum Gasteiger partial charge on any atom is 0.138 e. The van der Waals surface area contributed by atoms with Crippen LogP contribution in [0.25, 0.3) is 0 Å². The summed E-state index contributed by atoms with van der Waals surface area (Å²) in [6, 6.07) is 7.97. The topological polar surface area (TPSA) is 38.2 Å². The number of anilines is 1. The molecule has 2 aromatic rings. The van der Waals surface area contributed by atoms with Crippen molar-refractivity contribution < 1.29 is 4.74 Å². The zero-order chi connectivity index (χ0) is 15.2. The Balaban J connectivity index is 2.33. The van der Waals surface area contributed by atoms with Crippen molar-refractivity contribution in [3.05, 3.63) is 46.9 Å². The standard InChI is InChI=1S/C16H20ClN3O/c1-4-20(5-2)16-14(15(17)18-11-19-16)10-12-6-8-13(21-3)9-7-12/h6-9,11H,4-5,10H2,1-3H3. The summed E-state index contributed by atoms with van der Waals surface area (Å²) in [7, 11) is 1.66. The number of rotatable bonds is 6. The van der Waals surface area contributed by atoms with E-state index in [2.05, 4.69) is 28.7 Å². The van der Waals surface area contributed by atoms with E-state index in [4.69, 9.17) is 16.3 Å². The molecule has 0 atom stereocenters. The Labute approximate surface area is 130 Å². The normalized spacial score (nSPS) is 10.5. The number of hydrogen-bond acceptors (Lipinski definition) is 4. The summed E-state index contributed by atoms with van der Waals surface area (Å²) in [5.41, 5.74) is 2.12. The highest BCUT2D eigenvalue weighted by molar-refractivity contribution is 6.30. The lowest BCUT2D eigenvalue weighted by Crippen LogP contribution is -2.24. The maximum absolute atomic E-state index is 6.29. The first-order valence-corrected chi connectivity index (χ1v) is 7.44. The quantitative estimate of drug-likeness (QED) is 0.765. The molecule has 0 saturated carbocycles. The minimum Gasteiger partial charge on any atom is -0.497 e. The van der Waals surface area contributed by atoms with Gasteiger partial charge in [-0.05, 0) is 31.5 Å². The highest BCUT2D eigenvalue weighted by atomic mass is 35.5. The molecule has 1 aromatic carbocycles. The van der Waals surface area contributed by atoms with Crippen molar-refractivity contribution >= 4 is 17.4 Å². The van der Waals surface area contributed by atoms with Gasteiger partial charge in [-0.2, -0.15) is 0 Å². The van der Waals surface area contributed by atoms with E-state index < -0.39 is 0 Å². The van der Waals surface area contributed by atoms with Crippen LogP contribution in [0.1, 0.15) is 25.0 Å². The van der Waals surface area contributed by atoms with Crippen LogP contribution in [0, 0.1) is 0 Å².